The molecule has 7 heteroatoms. The number of carboxylic acids is 1. The maximum absolute atomic E-state index is 11.0. The first-order valence-corrected chi connectivity index (χ1v) is 7.81. The van der Waals surface area contributed by atoms with Crippen molar-refractivity contribution in [2.24, 2.45) is 0 Å². The van der Waals surface area contributed by atoms with Crippen LogP contribution < -0.4 is 9.67 Å². The van der Waals surface area contributed by atoms with Gasteiger partial charge in [0.05, 0.1) is 0 Å². The van der Waals surface area contributed by atoms with E-state index >= 15 is 0 Å². The van der Waals surface area contributed by atoms with Crippen LogP contribution in [0.25, 0.3) is 0 Å². The number of carboxylic acid groups (broad SMARTS) is 1. The number of rotatable bonds is 4. The molecule has 1 rings (SSSR count). The minimum atomic E-state index is -4.86. The molecule has 88 valence electrons. The second-order valence-electron chi connectivity index (χ2n) is 3.29. The van der Waals surface area contributed by atoms with Crippen LogP contribution in [0.15, 0.2) is 18.2 Å². The van der Waals surface area contributed by atoms with Crippen molar-refractivity contribution >= 4 is 30.2 Å². The molecule has 0 unspecified atom stereocenters. The molecule has 0 heterocycles. The van der Waals surface area contributed by atoms with Gasteiger partial charge in [0.1, 0.15) is 0 Å². The summed E-state index contributed by atoms with van der Waals surface area (Å²) < 4.78 is 28.9. The van der Waals surface area contributed by atoms with Gasteiger partial charge in [0.2, 0.25) is 0 Å². The van der Waals surface area contributed by atoms with Gasteiger partial charge in [-0.1, -0.05) is 0 Å². The summed E-state index contributed by atoms with van der Waals surface area (Å²) in [5.74, 6) is -0.998. The molecular formula is C9H12AsNO5. The van der Waals surface area contributed by atoms with Gasteiger partial charge in [-0.3, -0.25) is 0 Å². The standard InChI is InChI=1S/C9H12AsNO5/c1-6-4-7(10(14,15)16)2-3-8(6)11-5-9(12)13/h2-4,11H,5H2,1H3,(H,12,13)(H2,14,15,16). The Morgan fingerprint density at radius 3 is 2.50 bits per heavy atom. The molecule has 0 atom stereocenters. The van der Waals surface area contributed by atoms with Crippen molar-refractivity contribution in [2.45, 2.75) is 6.92 Å². The Bertz CT molecular complexity index is 453. The summed E-state index contributed by atoms with van der Waals surface area (Å²) in [6.45, 7) is 1.42. The van der Waals surface area contributed by atoms with E-state index < -0.39 is 20.1 Å². The van der Waals surface area contributed by atoms with E-state index in [2.05, 4.69) is 5.32 Å². The van der Waals surface area contributed by atoms with Crippen LogP contribution >= 0.6 is 0 Å². The number of hydrogen-bond acceptors (Lipinski definition) is 3. The molecule has 0 saturated heterocycles. The van der Waals surface area contributed by atoms with E-state index in [0.717, 1.165) is 0 Å². The number of benzene rings is 1. The summed E-state index contributed by atoms with van der Waals surface area (Å²) >= 11 is -4.86. The van der Waals surface area contributed by atoms with Crippen LogP contribution in [0.3, 0.4) is 0 Å². The molecule has 0 bridgehead atoms. The fourth-order valence-electron chi connectivity index (χ4n) is 1.20. The number of hydrogen-bond donors (Lipinski definition) is 4. The van der Waals surface area contributed by atoms with E-state index in [1.165, 1.54) is 18.2 Å². The molecule has 0 spiro atoms. The van der Waals surface area contributed by atoms with Gasteiger partial charge in [-0.05, 0) is 0 Å². The van der Waals surface area contributed by atoms with E-state index in [4.69, 9.17) is 13.3 Å². The fourth-order valence-corrected chi connectivity index (χ4v) is 2.52. The van der Waals surface area contributed by atoms with E-state index in [0.29, 0.717) is 11.3 Å². The normalized spacial score (nSPS) is 11.2. The first kappa shape index (κ1) is 12.8. The van der Waals surface area contributed by atoms with Gasteiger partial charge in [-0.25, -0.2) is 0 Å². The number of aliphatic carboxylic acids is 1. The molecule has 0 aliphatic carbocycles. The summed E-state index contributed by atoms with van der Waals surface area (Å²) in [6, 6.07) is 4.13. The fraction of sp³-hybridized carbons (Fsp3) is 0.222. The predicted octanol–water partition coefficient (Wildman–Crippen LogP) is -0.947. The zero-order valence-corrected chi connectivity index (χ0v) is 10.4. The average molecular weight is 289 g/mol. The molecule has 0 saturated carbocycles. The van der Waals surface area contributed by atoms with E-state index in [1.54, 1.807) is 6.92 Å². The van der Waals surface area contributed by atoms with Gasteiger partial charge >= 0.3 is 94.6 Å². The SMILES string of the molecule is Cc1cc([As](=O)(O)O)ccc1NCC(=O)O. The predicted molar refractivity (Wildman–Crippen MR) is 57.8 cm³/mol. The van der Waals surface area contributed by atoms with Crippen LogP contribution in [-0.2, 0) is 8.53 Å². The summed E-state index contributed by atoms with van der Waals surface area (Å²) in [7, 11) is 0. The van der Waals surface area contributed by atoms with Crippen molar-refractivity contribution in [3.05, 3.63) is 23.8 Å². The van der Waals surface area contributed by atoms with E-state index in [9.17, 15) is 8.53 Å². The Balaban J connectivity index is 2.92. The molecule has 16 heavy (non-hydrogen) atoms. The Morgan fingerprint density at radius 2 is 2.06 bits per heavy atom. The van der Waals surface area contributed by atoms with Crippen molar-refractivity contribution < 1.29 is 21.8 Å². The maximum atomic E-state index is 11.0. The number of aryl methyl sites for hydroxylation is 1. The zero-order valence-electron chi connectivity index (χ0n) is 8.54. The average Bonchev–Trinajstić information content (AvgIpc) is 2.14. The van der Waals surface area contributed by atoms with E-state index in [-0.39, 0.29) is 10.9 Å². The molecule has 1 aromatic carbocycles. The van der Waals surface area contributed by atoms with Gasteiger partial charge in [0.25, 0.3) is 0 Å². The molecule has 1 aromatic rings. The molecule has 0 aromatic heterocycles. The molecule has 4 N–H and O–H groups in total. The first-order chi connectivity index (χ1) is 7.30. The Kier molecular flexibility index (Phi) is 3.80. The van der Waals surface area contributed by atoms with Crippen molar-refractivity contribution in [2.75, 3.05) is 11.9 Å². The summed E-state index contributed by atoms with van der Waals surface area (Å²) in [5.41, 5.74) is 1.15. The van der Waals surface area contributed by atoms with Crippen molar-refractivity contribution in [3.63, 3.8) is 0 Å². The third-order valence-electron chi connectivity index (χ3n) is 1.98. The number of carbonyl (C=O) groups is 1. The third kappa shape index (κ3) is 3.41. The number of anilines is 1. The molecule has 0 amide bonds. The summed E-state index contributed by atoms with van der Waals surface area (Å²) in [5, 5.41) is 11.1. The van der Waals surface area contributed by atoms with Crippen molar-refractivity contribution in [1.82, 2.24) is 0 Å². The quantitative estimate of drug-likeness (QED) is 0.533. The number of nitrogens with one attached hydrogen (secondary N) is 1. The summed E-state index contributed by atoms with van der Waals surface area (Å²) in [6.07, 6.45) is 0. The molecule has 6 nitrogen and oxygen atoms in total. The first-order valence-electron chi connectivity index (χ1n) is 4.43. The van der Waals surface area contributed by atoms with Gasteiger partial charge in [0, 0.05) is 0 Å². The molecular weight excluding hydrogens is 277 g/mol. The minimum absolute atomic E-state index is 0.0171. The Hall–Kier alpha value is -1.23. The van der Waals surface area contributed by atoms with Crippen molar-refractivity contribution in [3.8, 4) is 0 Å². The van der Waals surface area contributed by atoms with Crippen LogP contribution in [0, 0.1) is 6.92 Å². The third-order valence-corrected chi connectivity index (χ3v) is 3.97. The van der Waals surface area contributed by atoms with Crippen LogP contribution in [0.5, 0.6) is 0 Å². The van der Waals surface area contributed by atoms with Crippen LogP contribution in [0.4, 0.5) is 5.69 Å². The van der Waals surface area contributed by atoms with Gasteiger partial charge in [-0.15, -0.1) is 0 Å². The topological polar surface area (TPSA) is 107 Å². The second-order valence-corrected chi connectivity index (χ2v) is 6.66. The van der Waals surface area contributed by atoms with Crippen LogP contribution in [-0.4, -0.2) is 40.0 Å². The van der Waals surface area contributed by atoms with Crippen LogP contribution in [0.1, 0.15) is 5.56 Å². The molecule has 0 aliphatic heterocycles. The molecule has 0 radical (unpaired) electrons. The Morgan fingerprint density at radius 1 is 1.44 bits per heavy atom. The zero-order chi connectivity index (χ0) is 12.3. The van der Waals surface area contributed by atoms with Gasteiger partial charge in [0.15, 0.2) is 0 Å². The second kappa shape index (κ2) is 4.74. The monoisotopic (exact) mass is 289 g/mol. The van der Waals surface area contributed by atoms with E-state index in [1.807, 2.05) is 0 Å². The summed E-state index contributed by atoms with van der Waals surface area (Å²) in [4.78, 5) is 10.3. The molecule has 0 fully saturated rings. The molecule has 0 aliphatic rings. The Labute approximate surface area is 94.9 Å². The van der Waals surface area contributed by atoms with Gasteiger partial charge < -0.3 is 0 Å². The van der Waals surface area contributed by atoms with Gasteiger partial charge in [-0.2, -0.15) is 0 Å². The van der Waals surface area contributed by atoms with Crippen LogP contribution in [0.2, 0.25) is 0 Å². The van der Waals surface area contributed by atoms with Crippen molar-refractivity contribution in [1.29, 1.82) is 0 Å².